The third-order valence-electron chi connectivity index (χ3n) is 5.78. The normalized spacial score (nSPS) is 24.3. The maximum atomic E-state index is 13.1. The van der Waals surface area contributed by atoms with Crippen LogP contribution in [0.25, 0.3) is 0 Å². The third-order valence-corrected chi connectivity index (χ3v) is 5.78. The predicted octanol–water partition coefficient (Wildman–Crippen LogP) is 2.62. The van der Waals surface area contributed by atoms with E-state index in [-0.39, 0.29) is 18.7 Å². The number of ether oxygens (including phenoxy) is 1. The number of amides is 4. The molecule has 26 heavy (non-hydrogen) atoms. The van der Waals surface area contributed by atoms with E-state index in [1.807, 2.05) is 0 Å². The number of carbonyl (C=O) groups is 4. The van der Waals surface area contributed by atoms with Gasteiger partial charge in [0, 0.05) is 12.1 Å². The lowest BCUT2D eigenvalue weighted by molar-refractivity contribution is -0.165. The molecule has 7 heteroatoms. The molecule has 1 heterocycles. The number of rotatable bonds is 4. The highest BCUT2D eigenvalue weighted by atomic mass is 16.5. The van der Waals surface area contributed by atoms with Crippen LogP contribution in [0.4, 0.5) is 4.79 Å². The second kappa shape index (κ2) is 8.18. The summed E-state index contributed by atoms with van der Waals surface area (Å²) in [5.74, 6) is -3.76. The lowest BCUT2D eigenvalue weighted by Gasteiger charge is -2.44. The van der Waals surface area contributed by atoms with Crippen LogP contribution in [0.5, 0.6) is 0 Å². The Labute approximate surface area is 154 Å². The Morgan fingerprint density at radius 2 is 1.27 bits per heavy atom. The van der Waals surface area contributed by atoms with Crippen LogP contribution < -0.4 is 0 Å². The molecular weight excluding hydrogens is 336 g/mol. The van der Waals surface area contributed by atoms with Crippen molar-refractivity contribution in [3.63, 3.8) is 0 Å². The maximum absolute atomic E-state index is 13.1. The number of nitrogens with zero attached hydrogens (tertiary/aromatic N) is 2. The fourth-order valence-electron chi connectivity index (χ4n) is 4.47. The standard InChI is InChI=1S/C19H28N2O5/c1-2-26-18(24)15-16(22)20(13-9-5-3-6-10-13)19(25)21(17(15)23)14-11-7-4-8-12-14/h13-15H,2-12H2,1H3. The van der Waals surface area contributed by atoms with E-state index in [0.29, 0.717) is 0 Å². The summed E-state index contributed by atoms with van der Waals surface area (Å²) < 4.78 is 4.98. The van der Waals surface area contributed by atoms with Crippen molar-refractivity contribution in [2.45, 2.75) is 83.2 Å². The zero-order valence-electron chi connectivity index (χ0n) is 15.4. The fourth-order valence-corrected chi connectivity index (χ4v) is 4.47. The molecule has 1 saturated heterocycles. The Hall–Kier alpha value is -1.92. The quantitative estimate of drug-likeness (QED) is 0.565. The molecular formula is C19H28N2O5. The Bertz CT molecular complexity index is 538. The first kappa shape index (κ1) is 18.9. The van der Waals surface area contributed by atoms with Crippen LogP contribution in [-0.4, -0.2) is 52.3 Å². The van der Waals surface area contributed by atoms with E-state index >= 15 is 0 Å². The molecule has 3 aliphatic rings. The van der Waals surface area contributed by atoms with Gasteiger partial charge in [-0.25, -0.2) is 4.79 Å². The first-order valence-electron chi connectivity index (χ1n) is 9.93. The van der Waals surface area contributed by atoms with Crippen molar-refractivity contribution in [1.82, 2.24) is 9.80 Å². The smallest absolute Gasteiger partial charge is 0.333 e. The Morgan fingerprint density at radius 1 is 0.846 bits per heavy atom. The number of carbonyl (C=O) groups excluding carboxylic acids is 4. The second-order valence-electron chi connectivity index (χ2n) is 7.47. The van der Waals surface area contributed by atoms with Gasteiger partial charge in [-0.3, -0.25) is 24.2 Å². The molecule has 3 fully saturated rings. The van der Waals surface area contributed by atoms with Gasteiger partial charge in [-0.05, 0) is 32.6 Å². The van der Waals surface area contributed by atoms with Gasteiger partial charge in [-0.15, -0.1) is 0 Å². The molecule has 7 nitrogen and oxygen atoms in total. The summed E-state index contributed by atoms with van der Waals surface area (Å²) in [6.07, 6.45) is 8.90. The molecule has 2 saturated carbocycles. The summed E-state index contributed by atoms with van der Waals surface area (Å²) in [7, 11) is 0. The highest BCUT2D eigenvalue weighted by Gasteiger charge is 2.53. The van der Waals surface area contributed by atoms with E-state index < -0.39 is 29.7 Å². The minimum atomic E-state index is -1.53. The maximum Gasteiger partial charge on any atom is 0.333 e. The molecule has 2 aliphatic carbocycles. The van der Waals surface area contributed by atoms with Gasteiger partial charge in [0.2, 0.25) is 5.92 Å². The molecule has 0 radical (unpaired) electrons. The number of urea groups is 1. The van der Waals surface area contributed by atoms with Crippen LogP contribution in [-0.2, 0) is 19.1 Å². The third kappa shape index (κ3) is 3.48. The van der Waals surface area contributed by atoms with Crippen LogP contribution in [0.3, 0.4) is 0 Å². The van der Waals surface area contributed by atoms with Crippen molar-refractivity contribution in [3.05, 3.63) is 0 Å². The lowest BCUT2D eigenvalue weighted by atomic mass is 9.89. The number of hydrogen-bond donors (Lipinski definition) is 0. The van der Waals surface area contributed by atoms with E-state index in [4.69, 9.17) is 4.74 Å². The molecule has 0 aromatic carbocycles. The van der Waals surface area contributed by atoms with E-state index in [1.165, 1.54) is 9.80 Å². The zero-order chi connectivity index (χ0) is 18.7. The van der Waals surface area contributed by atoms with E-state index in [2.05, 4.69) is 0 Å². The Kier molecular flexibility index (Phi) is 5.94. The number of barbiturate groups is 1. The van der Waals surface area contributed by atoms with Crippen molar-refractivity contribution in [2.24, 2.45) is 5.92 Å². The molecule has 0 aromatic rings. The van der Waals surface area contributed by atoms with Gasteiger partial charge in [0.05, 0.1) is 6.61 Å². The number of imide groups is 2. The summed E-state index contributed by atoms with van der Waals surface area (Å²) >= 11 is 0. The summed E-state index contributed by atoms with van der Waals surface area (Å²) in [6.45, 7) is 1.73. The van der Waals surface area contributed by atoms with Crippen molar-refractivity contribution < 1.29 is 23.9 Å². The predicted molar refractivity (Wildman–Crippen MR) is 93.0 cm³/mol. The second-order valence-corrected chi connectivity index (χ2v) is 7.47. The van der Waals surface area contributed by atoms with Crippen LogP contribution in [0, 0.1) is 5.92 Å². The summed E-state index contributed by atoms with van der Waals surface area (Å²) in [5, 5.41) is 0. The minimum absolute atomic E-state index is 0.0939. The van der Waals surface area contributed by atoms with Crippen LogP contribution in [0.1, 0.15) is 71.1 Å². The SMILES string of the molecule is CCOC(=O)C1C(=O)N(C2CCCCC2)C(=O)N(C2CCCCC2)C1=O. The van der Waals surface area contributed by atoms with Gasteiger partial charge in [-0.2, -0.15) is 0 Å². The van der Waals surface area contributed by atoms with Crippen molar-refractivity contribution in [3.8, 4) is 0 Å². The molecule has 144 valence electrons. The molecule has 0 aromatic heterocycles. The van der Waals surface area contributed by atoms with E-state index in [0.717, 1.165) is 64.2 Å². The fraction of sp³-hybridized carbons (Fsp3) is 0.789. The largest absolute Gasteiger partial charge is 0.465 e. The van der Waals surface area contributed by atoms with Crippen molar-refractivity contribution in [1.29, 1.82) is 0 Å². The van der Waals surface area contributed by atoms with Crippen LogP contribution in [0.15, 0.2) is 0 Å². The van der Waals surface area contributed by atoms with Gasteiger partial charge < -0.3 is 4.74 Å². The minimum Gasteiger partial charge on any atom is -0.465 e. The number of esters is 1. The monoisotopic (exact) mass is 364 g/mol. The van der Waals surface area contributed by atoms with E-state index in [1.54, 1.807) is 6.92 Å². The van der Waals surface area contributed by atoms with Crippen LogP contribution in [0.2, 0.25) is 0 Å². The summed E-state index contributed by atoms with van der Waals surface area (Å²) in [5.41, 5.74) is 0. The van der Waals surface area contributed by atoms with Crippen molar-refractivity contribution in [2.75, 3.05) is 6.61 Å². The topological polar surface area (TPSA) is 84.0 Å². The van der Waals surface area contributed by atoms with Gasteiger partial charge in [0.15, 0.2) is 0 Å². The highest BCUT2D eigenvalue weighted by Crippen LogP contribution is 2.33. The van der Waals surface area contributed by atoms with Gasteiger partial charge in [0.25, 0.3) is 11.8 Å². The van der Waals surface area contributed by atoms with Gasteiger partial charge in [0.1, 0.15) is 0 Å². The van der Waals surface area contributed by atoms with Crippen LogP contribution >= 0.6 is 0 Å². The summed E-state index contributed by atoms with van der Waals surface area (Å²) in [4.78, 5) is 53.8. The molecule has 0 bridgehead atoms. The molecule has 0 atom stereocenters. The first-order valence-corrected chi connectivity index (χ1v) is 9.93. The molecule has 4 amide bonds. The van der Waals surface area contributed by atoms with Crippen molar-refractivity contribution >= 4 is 23.8 Å². The first-order chi connectivity index (χ1) is 12.6. The molecule has 1 aliphatic heterocycles. The average Bonchev–Trinajstić information content (AvgIpc) is 2.63. The Balaban J connectivity index is 1.92. The molecule has 3 rings (SSSR count). The van der Waals surface area contributed by atoms with E-state index in [9.17, 15) is 19.2 Å². The Morgan fingerprint density at radius 3 is 1.65 bits per heavy atom. The van der Waals surface area contributed by atoms with Gasteiger partial charge in [-0.1, -0.05) is 38.5 Å². The lowest BCUT2D eigenvalue weighted by Crippen LogP contribution is -2.66. The molecule has 0 spiro atoms. The zero-order valence-corrected chi connectivity index (χ0v) is 15.4. The summed E-state index contributed by atoms with van der Waals surface area (Å²) in [6, 6.07) is -0.973. The molecule has 0 unspecified atom stereocenters. The number of hydrogen-bond acceptors (Lipinski definition) is 5. The average molecular weight is 364 g/mol. The highest BCUT2D eigenvalue weighted by molar-refractivity contribution is 6.25. The van der Waals surface area contributed by atoms with Gasteiger partial charge >= 0.3 is 12.0 Å². The molecule has 0 N–H and O–H groups in total.